The molecule has 3 rings (SSSR count). The molecule has 0 spiro atoms. The van der Waals surface area contributed by atoms with Crippen LogP contribution in [0.25, 0.3) is 0 Å². The van der Waals surface area contributed by atoms with E-state index in [1.165, 1.54) is 11.1 Å². The molecule has 0 bridgehead atoms. The predicted octanol–water partition coefficient (Wildman–Crippen LogP) is 6.71. The van der Waals surface area contributed by atoms with E-state index in [-0.39, 0.29) is 12.4 Å². The van der Waals surface area contributed by atoms with Gasteiger partial charge in [-0.05, 0) is 52.2 Å². The molecule has 3 nitrogen and oxygen atoms in total. The van der Waals surface area contributed by atoms with Gasteiger partial charge in [-0.15, -0.1) is 12.4 Å². The maximum atomic E-state index is 6.21. The molecule has 6 heteroatoms. The number of hydrogen-bond acceptors (Lipinski definition) is 3. The van der Waals surface area contributed by atoms with E-state index in [9.17, 15) is 0 Å². The van der Waals surface area contributed by atoms with Crippen LogP contribution in [-0.4, -0.2) is 7.11 Å². The predicted molar refractivity (Wildman–Crippen MR) is 125 cm³/mol. The molecule has 1 N–H and O–H groups in total. The number of halogens is 3. The van der Waals surface area contributed by atoms with Crippen LogP contribution in [0.4, 0.5) is 0 Å². The molecule has 29 heavy (non-hydrogen) atoms. The lowest BCUT2D eigenvalue weighted by molar-refractivity contribution is 0.282. The maximum absolute atomic E-state index is 6.21. The number of benzene rings is 3. The first kappa shape index (κ1) is 23.6. The van der Waals surface area contributed by atoms with Gasteiger partial charge in [0.25, 0.3) is 0 Å². The average molecular weight is 497 g/mol. The molecule has 154 valence electrons. The van der Waals surface area contributed by atoms with E-state index in [4.69, 9.17) is 21.1 Å². The molecule has 3 aromatic carbocycles. The zero-order chi connectivity index (χ0) is 19.9. The molecule has 0 aliphatic heterocycles. The maximum Gasteiger partial charge on any atom is 0.175 e. The number of aryl methyl sites for hydroxylation is 1. The molecule has 0 radical (unpaired) electrons. The quantitative estimate of drug-likeness (QED) is 0.376. The number of hydrogen-bond donors (Lipinski definition) is 1. The van der Waals surface area contributed by atoms with E-state index >= 15 is 0 Å². The molecule has 0 aliphatic carbocycles. The third kappa shape index (κ3) is 6.65. The molecule has 0 atom stereocenters. The van der Waals surface area contributed by atoms with Gasteiger partial charge in [-0.3, -0.25) is 0 Å². The fraction of sp³-hybridized carbons (Fsp3) is 0.217. The third-order valence-electron chi connectivity index (χ3n) is 4.40. The Morgan fingerprint density at radius 1 is 0.966 bits per heavy atom. The molecule has 0 aliphatic rings. The van der Waals surface area contributed by atoms with Gasteiger partial charge in [0.05, 0.1) is 11.6 Å². The normalized spacial score (nSPS) is 10.3. The summed E-state index contributed by atoms with van der Waals surface area (Å²) in [6, 6.07) is 20.2. The van der Waals surface area contributed by atoms with Crippen molar-refractivity contribution >= 4 is 39.9 Å². The van der Waals surface area contributed by atoms with Crippen LogP contribution >= 0.6 is 39.9 Å². The number of ether oxygens (including phenoxy) is 2. The van der Waals surface area contributed by atoms with Gasteiger partial charge in [0.2, 0.25) is 0 Å². The number of nitrogens with one attached hydrogen (secondary N) is 1. The first-order chi connectivity index (χ1) is 13.6. The largest absolute Gasteiger partial charge is 0.493 e. The summed E-state index contributed by atoms with van der Waals surface area (Å²) in [5.41, 5.74) is 4.57. The van der Waals surface area contributed by atoms with Crippen LogP contribution in [0.15, 0.2) is 65.1 Å². The Balaban J connectivity index is 0.00000300. The van der Waals surface area contributed by atoms with E-state index in [1.807, 2.05) is 36.4 Å². The van der Waals surface area contributed by atoms with Crippen LogP contribution in [-0.2, 0) is 19.7 Å². The second-order valence-electron chi connectivity index (χ2n) is 6.58. The lowest BCUT2D eigenvalue weighted by Gasteiger charge is -2.15. The Hall–Kier alpha value is -1.72. The molecule has 0 heterocycles. The Bertz CT molecular complexity index is 933. The van der Waals surface area contributed by atoms with Gasteiger partial charge in [-0.1, -0.05) is 59.6 Å². The van der Waals surface area contributed by atoms with Gasteiger partial charge < -0.3 is 14.8 Å². The summed E-state index contributed by atoms with van der Waals surface area (Å²) in [5.74, 6) is 1.36. The zero-order valence-electron chi connectivity index (χ0n) is 16.4. The van der Waals surface area contributed by atoms with Crippen molar-refractivity contribution < 1.29 is 9.47 Å². The van der Waals surface area contributed by atoms with Crippen LogP contribution in [0, 0.1) is 6.92 Å². The van der Waals surface area contributed by atoms with Crippen LogP contribution in [0.5, 0.6) is 11.5 Å². The summed E-state index contributed by atoms with van der Waals surface area (Å²) >= 11 is 9.82. The Kier molecular flexibility index (Phi) is 9.31. The topological polar surface area (TPSA) is 30.5 Å². The van der Waals surface area contributed by atoms with Gasteiger partial charge in [0.15, 0.2) is 11.5 Å². The highest BCUT2D eigenvalue weighted by molar-refractivity contribution is 9.10. The monoisotopic (exact) mass is 495 g/mol. The van der Waals surface area contributed by atoms with Crippen molar-refractivity contribution in [3.05, 3.63) is 92.4 Å². The third-order valence-corrected chi connectivity index (χ3v) is 5.36. The lowest BCUT2D eigenvalue weighted by atomic mass is 10.1. The zero-order valence-corrected chi connectivity index (χ0v) is 19.5. The van der Waals surface area contributed by atoms with Crippen molar-refractivity contribution in [2.45, 2.75) is 26.6 Å². The van der Waals surface area contributed by atoms with Crippen molar-refractivity contribution in [3.63, 3.8) is 0 Å². The lowest BCUT2D eigenvalue weighted by Crippen LogP contribution is -2.13. The summed E-state index contributed by atoms with van der Waals surface area (Å²) < 4.78 is 12.4. The molecule has 0 amide bonds. The summed E-state index contributed by atoms with van der Waals surface area (Å²) in [6.07, 6.45) is 0. The molecule has 0 saturated carbocycles. The molecular weight excluding hydrogens is 473 g/mol. The van der Waals surface area contributed by atoms with Crippen LogP contribution in [0.1, 0.15) is 22.3 Å². The van der Waals surface area contributed by atoms with Gasteiger partial charge in [-0.2, -0.15) is 0 Å². The van der Waals surface area contributed by atoms with Crippen molar-refractivity contribution in [1.29, 1.82) is 0 Å². The highest BCUT2D eigenvalue weighted by Gasteiger charge is 2.13. The Morgan fingerprint density at radius 3 is 2.34 bits per heavy atom. The van der Waals surface area contributed by atoms with Crippen LogP contribution in [0.2, 0.25) is 5.02 Å². The first-order valence-electron chi connectivity index (χ1n) is 9.05. The van der Waals surface area contributed by atoms with Crippen molar-refractivity contribution in [1.82, 2.24) is 5.32 Å². The van der Waals surface area contributed by atoms with Gasteiger partial charge >= 0.3 is 0 Å². The van der Waals surface area contributed by atoms with E-state index in [1.54, 1.807) is 7.11 Å². The fourth-order valence-corrected chi connectivity index (χ4v) is 3.63. The molecular formula is C23H24BrCl2NO2. The van der Waals surface area contributed by atoms with Crippen molar-refractivity contribution in [2.24, 2.45) is 0 Å². The molecule has 0 aromatic heterocycles. The van der Waals surface area contributed by atoms with Gasteiger partial charge in [-0.25, -0.2) is 0 Å². The molecule has 0 unspecified atom stereocenters. The van der Waals surface area contributed by atoms with Crippen LogP contribution < -0.4 is 14.8 Å². The highest BCUT2D eigenvalue weighted by Crippen LogP contribution is 2.37. The van der Waals surface area contributed by atoms with Crippen molar-refractivity contribution in [3.8, 4) is 11.5 Å². The minimum Gasteiger partial charge on any atom is -0.493 e. The molecule has 0 fully saturated rings. The van der Waals surface area contributed by atoms with E-state index in [0.717, 1.165) is 28.7 Å². The molecule has 0 saturated heterocycles. The van der Waals surface area contributed by atoms with Gasteiger partial charge in [0, 0.05) is 23.7 Å². The van der Waals surface area contributed by atoms with Crippen molar-refractivity contribution in [2.75, 3.05) is 7.11 Å². The van der Waals surface area contributed by atoms with E-state index in [2.05, 4.69) is 52.4 Å². The summed E-state index contributed by atoms with van der Waals surface area (Å²) in [6.45, 7) is 4.01. The fourth-order valence-electron chi connectivity index (χ4n) is 2.84. The second kappa shape index (κ2) is 11.5. The Labute approximate surface area is 191 Å². The minimum absolute atomic E-state index is 0. The van der Waals surface area contributed by atoms with E-state index in [0.29, 0.717) is 23.1 Å². The highest BCUT2D eigenvalue weighted by atomic mass is 79.9. The summed E-state index contributed by atoms with van der Waals surface area (Å²) in [7, 11) is 1.65. The SMILES string of the molecule is COc1cc(CNCc2ccc(C)cc2)cc(Br)c1OCc1ccccc1Cl.Cl. The minimum atomic E-state index is 0. The molecule has 3 aromatic rings. The smallest absolute Gasteiger partial charge is 0.175 e. The summed E-state index contributed by atoms with van der Waals surface area (Å²) in [4.78, 5) is 0. The average Bonchev–Trinajstić information content (AvgIpc) is 2.69. The summed E-state index contributed by atoms with van der Waals surface area (Å²) in [5, 5.41) is 4.16. The number of rotatable bonds is 8. The van der Waals surface area contributed by atoms with Crippen LogP contribution in [0.3, 0.4) is 0 Å². The van der Waals surface area contributed by atoms with E-state index < -0.39 is 0 Å². The van der Waals surface area contributed by atoms with Gasteiger partial charge in [0.1, 0.15) is 6.61 Å². The number of methoxy groups -OCH3 is 1. The Morgan fingerprint density at radius 2 is 1.66 bits per heavy atom. The second-order valence-corrected chi connectivity index (χ2v) is 7.84. The standard InChI is InChI=1S/C23H23BrClNO2.ClH/c1-16-7-9-17(10-8-16)13-26-14-18-11-20(24)23(22(12-18)27-2)28-15-19-5-3-4-6-21(19)25;/h3-12,26H,13-15H2,1-2H3;1H. The first-order valence-corrected chi connectivity index (χ1v) is 10.2.